The number of aryl methyl sites for hydroxylation is 1. The topological polar surface area (TPSA) is 68.0 Å². The number of nitrogens with zero attached hydrogens (tertiary/aromatic N) is 2. The number of hydrogen-bond acceptors (Lipinski definition) is 5. The van der Waals surface area contributed by atoms with Crippen molar-refractivity contribution in [3.05, 3.63) is 57.0 Å². The molecule has 5 nitrogen and oxygen atoms in total. The number of halogens is 3. The van der Waals surface area contributed by atoms with Crippen LogP contribution < -0.4 is 5.32 Å². The van der Waals surface area contributed by atoms with Crippen LogP contribution in [0.2, 0.25) is 15.1 Å². The fourth-order valence-corrected chi connectivity index (χ4v) is 3.41. The highest BCUT2D eigenvalue weighted by atomic mass is 35.5. The second-order valence-electron chi connectivity index (χ2n) is 5.32. The molecule has 3 aromatic rings. The normalized spacial score (nSPS) is 10.8. The molecular formula is C17H12Cl3N3O2S. The van der Waals surface area contributed by atoms with Crippen molar-refractivity contribution in [2.75, 3.05) is 11.1 Å². The second kappa shape index (κ2) is 8.31. The first kappa shape index (κ1) is 19.0. The molecule has 9 heteroatoms. The largest absolute Gasteiger partial charge is 0.411 e. The Bertz CT molecular complexity index is 962. The number of anilines is 1. The van der Waals surface area contributed by atoms with Crippen molar-refractivity contribution in [3.8, 4) is 11.5 Å². The third kappa shape index (κ3) is 4.71. The van der Waals surface area contributed by atoms with Crippen molar-refractivity contribution in [1.29, 1.82) is 0 Å². The van der Waals surface area contributed by atoms with Crippen LogP contribution >= 0.6 is 46.6 Å². The number of nitrogens with one attached hydrogen (secondary N) is 1. The van der Waals surface area contributed by atoms with Gasteiger partial charge in [0.2, 0.25) is 11.8 Å². The van der Waals surface area contributed by atoms with Crippen molar-refractivity contribution in [2.45, 2.75) is 12.1 Å². The molecule has 0 aliphatic rings. The van der Waals surface area contributed by atoms with Gasteiger partial charge < -0.3 is 9.73 Å². The quantitative estimate of drug-likeness (QED) is 0.525. The number of amides is 1. The zero-order chi connectivity index (χ0) is 18.7. The third-order valence-electron chi connectivity index (χ3n) is 3.29. The molecule has 0 unspecified atom stereocenters. The Morgan fingerprint density at radius 2 is 1.92 bits per heavy atom. The molecule has 0 aliphatic heterocycles. The van der Waals surface area contributed by atoms with Gasteiger partial charge in [-0.15, -0.1) is 10.2 Å². The molecule has 0 aliphatic carbocycles. The number of rotatable bonds is 5. The summed E-state index contributed by atoms with van der Waals surface area (Å²) in [7, 11) is 0. The number of carbonyl (C=O) groups excluding carboxylic acids is 1. The molecular weight excluding hydrogens is 417 g/mol. The van der Waals surface area contributed by atoms with Gasteiger partial charge in [-0.05, 0) is 42.8 Å². The van der Waals surface area contributed by atoms with Gasteiger partial charge in [0.15, 0.2) is 0 Å². The van der Waals surface area contributed by atoms with Gasteiger partial charge in [-0.1, -0.05) is 52.6 Å². The second-order valence-corrected chi connectivity index (χ2v) is 7.49. The monoisotopic (exact) mass is 427 g/mol. The standard InChI is InChI=1S/C17H12Cl3N3O2S/c1-9-2-5-14(13(20)6-9)21-15(24)8-26-17-23-22-16(25-17)11-4-3-10(18)7-12(11)19/h2-7H,8H2,1H3,(H,21,24). The van der Waals surface area contributed by atoms with Gasteiger partial charge in [-0.2, -0.15) is 0 Å². The maximum atomic E-state index is 12.1. The lowest BCUT2D eigenvalue weighted by atomic mass is 10.2. The van der Waals surface area contributed by atoms with Gasteiger partial charge in [0, 0.05) is 5.02 Å². The van der Waals surface area contributed by atoms with Crippen LogP contribution in [0.4, 0.5) is 5.69 Å². The maximum Gasteiger partial charge on any atom is 0.277 e. The van der Waals surface area contributed by atoms with E-state index in [1.54, 1.807) is 30.3 Å². The third-order valence-corrected chi connectivity index (χ3v) is 4.97. The Morgan fingerprint density at radius 1 is 1.12 bits per heavy atom. The number of hydrogen-bond donors (Lipinski definition) is 1. The molecule has 0 spiro atoms. The molecule has 0 radical (unpaired) electrons. The van der Waals surface area contributed by atoms with Crippen LogP contribution in [0.3, 0.4) is 0 Å². The molecule has 0 atom stereocenters. The minimum atomic E-state index is -0.231. The fourth-order valence-electron chi connectivity index (χ4n) is 2.07. The van der Waals surface area contributed by atoms with Crippen molar-refractivity contribution in [2.24, 2.45) is 0 Å². The van der Waals surface area contributed by atoms with E-state index in [2.05, 4.69) is 15.5 Å². The molecule has 1 N–H and O–H groups in total. The van der Waals surface area contributed by atoms with Crippen LogP contribution in [-0.2, 0) is 4.79 Å². The van der Waals surface area contributed by atoms with Gasteiger partial charge >= 0.3 is 0 Å². The van der Waals surface area contributed by atoms with Gasteiger partial charge in [0.25, 0.3) is 5.22 Å². The lowest BCUT2D eigenvalue weighted by Crippen LogP contribution is -2.14. The average Bonchev–Trinajstić information content (AvgIpc) is 3.04. The van der Waals surface area contributed by atoms with E-state index in [0.717, 1.165) is 17.3 Å². The molecule has 26 heavy (non-hydrogen) atoms. The molecule has 0 fully saturated rings. The van der Waals surface area contributed by atoms with Crippen LogP contribution in [0.1, 0.15) is 5.56 Å². The van der Waals surface area contributed by atoms with E-state index < -0.39 is 0 Å². The van der Waals surface area contributed by atoms with E-state index in [4.69, 9.17) is 39.2 Å². The Labute approximate surface area is 169 Å². The highest BCUT2D eigenvalue weighted by Gasteiger charge is 2.14. The molecule has 1 amide bonds. The fraction of sp³-hybridized carbons (Fsp3) is 0.118. The first-order chi connectivity index (χ1) is 12.4. The number of benzene rings is 2. The Balaban J connectivity index is 1.61. The molecule has 2 aromatic carbocycles. The summed E-state index contributed by atoms with van der Waals surface area (Å²) in [4.78, 5) is 12.1. The zero-order valence-electron chi connectivity index (χ0n) is 13.4. The maximum absolute atomic E-state index is 12.1. The number of carbonyl (C=O) groups is 1. The van der Waals surface area contributed by atoms with Crippen LogP contribution in [0.5, 0.6) is 0 Å². The molecule has 0 bridgehead atoms. The summed E-state index contributed by atoms with van der Waals surface area (Å²) in [5.41, 5.74) is 2.15. The Kier molecular flexibility index (Phi) is 6.09. The highest BCUT2D eigenvalue weighted by molar-refractivity contribution is 7.99. The summed E-state index contributed by atoms with van der Waals surface area (Å²) in [5.74, 6) is 0.126. The summed E-state index contributed by atoms with van der Waals surface area (Å²) >= 11 is 19.2. The van der Waals surface area contributed by atoms with Crippen LogP contribution in [-0.4, -0.2) is 21.9 Å². The minimum Gasteiger partial charge on any atom is -0.411 e. The average molecular weight is 429 g/mol. The molecule has 1 aromatic heterocycles. The predicted octanol–water partition coefficient (Wildman–Crippen LogP) is 5.74. The summed E-state index contributed by atoms with van der Waals surface area (Å²) < 4.78 is 5.54. The molecule has 134 valence electrons. The van der Waals surface area contributed by atoms with E-state index in [9.17, 15) is 4.79 Å². The summed E-state index contributed by atoms with van der Waals surface area (Å²) in [6.07, 6.45) is 0. The van der Waals surface area contributed by atoms with Gasteiger partial charge in [0.1, 0.15) is 0 Å². The molecule has 1 heterocycles. The van der Waals surface area contributed by atoms with E-state index in [-0.39, 0.29) is 22.8 Å². The van der Waals surface area contributed by atoms with Gasteiger partial charge in [-0.3, -0.25) is 4.79 Å². The van der Waals surface area contributed by atoms with Crippen molar-refractivity contribution in [3.63, 3.8) is 0 Å². The van der Waals surface area contributed by atoms with Crippen molar-refractivity contribution >= 4 is 58.2 Å². The number of thioether (sulfide) groups is 1. The van der Waals surface area contributed by atoms with E-state index >= 15 is 0 Å². The van der Waals surface area contributed by atoms with Crippen LogP contribution in [0.15, 0.2) is 46.0 Å². The van der Waals surface area contributed by atoms with Gasteiger partial charge in [0.05, 0.1) is 27.0 Å². The van der Waals surface area contributed by atoms with E-state index in [1.165, 1.54) is 0 Å². The van der Waals surface area contributed by atoms with Crippen molar-refractivity contribution < 1.29 is 9.21 Å². The van der Waals surface area contributed by atoms with Gasteiger partial charge in [-0.25, -0.2) is 0 Å². The highest BCUT2D eigenvalue weighted by Crippen LogP contribution is 2.31. The first-order valence-corrected chi connectivity index (χ1v) is 9.52. The Morgan fingerprint density at radius 3 is 2.65 bits per heavy atom. The van der Waals surface area contributed by atoms with E-state index in [1.807, 2.05) is 13.0 Å². The van der Waals surface area contributed by atoms with Crippen LogP contribution in [0.25, 0.3) is 11.5 Å². The summed E-state index contributed by atoms with van der Waals surface area (Å²) in [6, 6.07) is 10.4. The van der Waals surface area contributed by atoms with Crippen LogP contribution in [0, 0.1) is 6.92 Å². The number of aromatic nitrogens is 2. The first-order valence-electron chi connectivity index (χ1n) is 7.40. The Hall–Kier alpha value is -1.73. The summed E-state index contributed by atoms with van der Waals surface area (Å²) in [5, 5.41) is 12.3. The van der Waals surface area contributed by atoms with Crippen molar-refractivity contribution in [1.82, 2.24) is 10.2 Å². The molecule has 0 saturated heterocycles. The summed E-state index contributed by atoms with van der Waals surface area (Å²) in [6.45, 7) is 1.92. The lowest BCUT2D eigenvalue weighted by molar-refractivity contribution is -0.113. The zero-order valence-corrected chi connectivity index (χ0v) is 16.5. The lowest BCUT2D eigenvalue weighted by Gasteiger charge is -2.06. The SMILES string of the molecule is Cc1ccc(NC(=O)CSc2nnc(-c3ccc(Cl)cc3Cl)o2)c(Cl)c1. The minimum absolute atomic E-state index is 0.0974. The predicted molar refractivity (Wildman–Crippen MR) is 105 cm³/mol. The molecule has 0 saturated carbocycles. The van der Waals surface area contributed by atoms with E-state index in [0.29, 0.717) is 26.3 Å². The molecule has 3 rings (SSSR count). The smallest absolute Gasteiger partial charge is 0.277 e.